The molecule has 2 nitrogen and oxygen atoms in total. The van der Waals surface area contributed by atoms with Gasteiger partial charge in [-0.25, -0.2) is 0 Å². The van der Waals surface area contributed by atoms with Crippen molar-refractivity contribution in [3.8, 4) is 5.75 Å². The number of rotatable bonds is 4. The summed E-state index contributed by atoms with van der Waals surface area (Å²) in [5.41, 5.74) is 2.14. The molecule has 28 heavy (non-hydrogen) atoms. The van der Waals surface area contributed by atoms with Crippen LogP contribution in [0.5, 0.6) is 5.75 Å². The zero-order valence-electron chi connectivity index (χ0n) is 18.1. The third kappa shape index (κ3) is 7.19. The number of carbonyl (C=O) groups is 1. The van der Waals surface area contributed by atoms with Gasteiger partial charge < -0.3 is 4.74 Å². The van der Waals surface area contributed by atoms with Crippen molar-refractivity contribution in [1.82, 2.24) is 0 Å². The lowest BCUT2D eigenvalue weighted by molar-refractivity contribution is 0.112. The van der Waals surface area contributed by atoms with Gasteiger partial charge in [-0.1, -0.05) is 95.6 Å². The molecule has 1 atom stereocenters. The van der Waals surface area contributed by atoms with Crippen molar-refractivity contribution in [2.45, 2.75) is 47.0 Å². The van der Waals surface area contributed by atoms with E-state index in [1.54, 1.807) is 7.11 Å². The second-order valence-electron chi connectivity index (χ2n) is 7.20. The zero-order valence-corrected chi connectivity index (χ0v) is 18.1. The fourth-order valence-corrected chi connectivity index (χ4v) is 2.65. The number of carbonyl (C=O) groups excluding carboxylic acids is 1. The molecule has 0 aromatic heterocycles. The van der Waals surface area contributed by atoms with Gasteiger partial charge in [-0.15, -0.1) is 0 Å². The number of hydrogen-bond donors (Lipinski definition) is 0. The number of hydrogen-bond acceptors (Lipinski definition) is 2. The minimum Gasteiger partial charge on any atom is -0.497 e. The molecule has 3 aromatic rings. The van der Waals surface area contributed by atoms with Crippen LogP contribution in [0.15, 0.2) is 66.7 Å². The van der Waals surface area contributed by atoms with Crippen LogP contribution in [0.3, 0.4) is 0 Å². The third-order valence-corrected chi connectivity index (χ3v) is 4.59. The topological polar surface area (TPSA) is 26.3 Å². The summed E-state index contributed by atoms with van der Waals surface area (Å²) in [6, 6.07) is 21.9. The molecule has 1 unspecified atom stereocenters. The van der Waals surface area contributed by atoms with Gasteiger partial charge in [0.25, 0.3) is 0 Å². The van der Waals surface area contributed by atoms with E-state index >= 15 is 0 Å². The lowest BCUT2D eigenvalue weighted by Gasteiger charge is -2.15. The Hall–Kier alpha value is -2.61. The summed E-state index contributed by atoms with van der Waals surface area (Å²) in [5.74, 6) is 2.24. The van der Waals surface area contributed by atoms with Gasteiger partial charge in [0.2, 0.25) is 0 Å². The maximum atomic E-state index is 10.6. The fourth-order valence-electron chi connectivity index (χ4n) is 2.65. The Labute approximate surface area is 170 Å². The Morgan fingerprint density at radius 3 is 1.96 bits per heavy atom. The highest BCUT2D eigenvalue weighted by Crippen LogP contribution is 2.25. The number of aldehydes is 1. The van der Waals surface area contributed by atoms with Crippen molar-refractivity contribution in [2.24, 2.45) is 5.92 Å². The molecule has 0 aliphatic heterocycles. The van der Waals surface area contributed by atoms with E-state index in [1.807, 2.05) is 54.6 Å². The summed E-state index contributed by atoms with van der Waals surface area (Å²) in [7, 11) is 1.70. The molecule has 0 amide bonds. The molecule has 0 spiro atoms. The zero-order chi connectivity index (χ0) is 20.9. The van der Waals surface area contributed by atoms with Gasteiger partial charge in [0.15, 0.2) is 6.29 Å². The fraction of sp³-hybridized carbons (Fsp3) is 0.346. The van der Waals surface area contributed by atoms with Crippen LogP contribution >= 0.6 is 0 Å². The van der Waals surface area contributed by atoms with Gasteiger partial charge in [0.05, 0.1) is 7.11 Å². The molecule has 0 saturated carbocycles. The summed E-state index contributed by atoms with van der Waals surface area (Å²) >= 11 is 0. The average Bonchev–Trinajstić information content (AvgIpc) is 2.73. The molecule has 3 rings (SSSR count). The van der Waals surface area contributed by atoms with E-state index in [0.29, 0.717) is 11.8 Å². The summed E-state index contributed by atoms with van der Waals surface area (Å²) in [6.07, 6.45) is 2.14. The summed E-state index contributed by atoms with van der Waals surface area (Å²) in [5, 5.41) is 2.14. The Balaban J connectivity index is 0.000000246. The van der Waals surface area contributed by atoms with Crippen molar-refractivity contribution in [3.63, 3.8) is 0 Å². The monoisotopic (exact) mass is 378 g/mol. The van der Waals surface area contributed by atoms with E-state index in [9.17, 15) is 4.79 Å². The first-order valence-electron chi connectivity index (χ1n) is 10.0. The van der Waals surface area contributed by atoms with Crippen LogP contribution in [-0.2, 0) is 0 Å². The molecule has 0 N–H and O–H groups in total. The van der Waals surface area contributed by atoms with Crippen LogP contribution in [0.1, 0.15) is 62.9 Å². The van der Waals surface area contributed by atoms with Gasteiger partial charge >= 0.3 is 0 Å². The third-order valence-electron chi connectivity index (χ3n) is 4.59. The molecular weight excluding hydrogens is 344 g/mol. The number of benzene rings is 3. The molecule has 0 aliphatic rings. The first-order chi connectivity index (χ1) is 13.5. The Morgan fingerprint density at radius 2 is 1.43 bits per heavy atom. The average molecular weight is 379 g/mol. The lowest BCUT2D eigenvalue weighted by Crippen LogP contribution is -2.01. The quantitative estimate of drug-likeness (QED) is 0.439. The number of methoxy groups -OCH3 is 1. The maximum Gasteiger partial charge on any atom is 0.150 e. The van der Waals surface area contributed by atoms with Crippen molar-refractivity contribution in [3.05, 3.63) is 77.9 Å². The van der Waals surface area contributed by atoms with Crippen molar-refractivity contribution in [2.75, 3.05) is 7.11 Å². The Morgan fingerprint density at radius 1 is 0.857 bits per heavy atom. The largest absolute Gasteiger partial charge is 0.497 e. The molecule has 150 valence electrons. The molecule has 3 aromatic carbocycles. The standard InChI is InChI=1S/C12H18O.C11H8O.C3H8/c1-9(2)10(3)11-5-7-12(13-4)8-6-11;12-8-10-6-3-5-9-4-1-2-7-11(9)10;1-3-2/h5-10H,1-4H3;1-8H;3H2,1-2H3. The molecule has 0 bridgehead atoms. The molecule has 0 heterocycles. The summed E-state index contributed by atoms with van der Waals surface area (Å²) < 4.78 is 5.11. The van der Waals surface area contributed by atoms with Gasteiger partial charge in [-0.05, 0) is 40.3 Å². The van der Waals surface area contributed by atoms with Gasteiger partial charge in [-0.3, -0.25) is 4.79 Å². The minimum absolute atomic E-state index is 0.617. The van der Waals surface area contributed by atoms with E-state index in [1.165, 1.54) is 12.0 Å². The second kappa shape index (κ2) is 12.7. The number of fused-ring (bicyclic) bond motifs is 1. The van der Waals surface area contributed by atoms with Crippen LogP contribution in [0.4, 0.5) is 0 Å². The highest BCUT2D eigenvalue weighted by Gasteiger charge is 2.09. The van der Waals surface area contributed by atoms with Crippen LogP contribution in [0.2, 0.25) is 0 Å². The Bertz CT molecular complexity index is 814. The summed E-state index contributed by atoms with van der Waals surface area (Å²) in [6.45, 7) is 11.0. The van der Waals surface area contributed by atoms with E-state index in [-0.39, 0.29) is 0 Å². The molecule has 0 aliphatic carbocycles. The van der Waals surface area contributed by atoms with Gasteiger partial charge in [-0.2, -0.15) is 0 Å². The maximum absolute atomic E-state index is 10.6. The lowest BCUT2D eigenvalue weighted by atomic mass is 9.90. The molecule has 0 saturated heterocycles. The van der Waals surface area contributed by atoms with Crippen LogP contribution < -0.4 is 4.74 Å². The molecule has 0 radical (unpaired) electrons. The second-order valence-corrected chi connectivity index (χ2v) is 7.20. The van der Waals surface area contributed by atoms with Crippen LogP contribution in [0, 0.1) is 5.92 Å². The number of ether oxygens (including phenoxy) is 1. The highest BCUT2D eigenvalue weighted by molar-refractivity contribution is 5.97. The highest BCUT2D eigenvalue weighted by atomic mass is 16.5. The Kier molecular flexibility index (Phi) is 10.6. The first kappa shape index (κ1) is 23.4. The van der Waals surface area contributed by atoms with Crippen LogP contribution in [0.25, 0.3) is 10.8 Å². The van der Waals surface area contributed by atoms with E-state index in [4.69, 9.17) is 4.74 Å². The normalized spacial score (nSPS) is 11.0. The van der Waals surface area contributed by atoms with E-state index in [2.05, 4.69) is 46.8 Å². The summed E-state index contributed by atoms with van der Waals surface area (Å²) in [4.78, 5) is 10.6. The van der Waals surface area contributed by atoms with Crippen LogP contribution in [-0.4, -0.2) is 13.4 Å². The first-order valence-corrected chi connectivity index (χ1v) is 10.0. The molecule has 0 fully saturated rings. The minimum atomic E-state index is 0.617. The predicted octanol–water partition coefficient (Wildman–Crippen LogP) is 7.52. The van der Waals surface area contributed by atoms with Crippen molar-refractivity contribution in [1.29, 1.82) is 0 Å². The van der Waals surface area contributed by atoms with Gasteiger partial charge in [0.1, 0.15) is 5.75 Å². The van der Waals surface area contributed by atoms with Gasteiger partial charge in [0, 0.05) is 5.56 Å². The van der Waals surface area contributed by atoms with E-state index in [0.717, 1.165) is 28.4 Å². The molecular formula is C26H34O2. The van der Waals surface area contributed by atoms with Crippen molar-refractivity contribution >= 4 is 17.1 Å². The SMILES string of the molecule is CCC.COc1ccc(C(C)C(C)C)cc1.O=Cc1cccc2ccccc12. The van der Waals surface area contributed by atoms with E-state index < -0.39 is 0 Å². The van der Waals surface area contributed by atoms with Crippen molar-refractivity contribution < 1.29 is 9.53 Å². The molecule has 2 heteroatoms. The smallest absolute Gasteiger partial charge is 0.150 e. The predicted molar refractivity (Wildman–Crippen MR) is 122 cm³/mol.